The van der Waals surface area contributed by atoms with Gasteiger partial charge in [-0.05, 0) is 81.4 Å². The average molecular weight is 743 g/mol. The van der Waals surface area contributed by atoms with Crippen LogP contribution in [-0.2, 0) is 14.3 Å². The Kier molecular flexibility index (Phi) is 10.9. The summed E-state index contributed by atoms with van der Waals surface area (Å²) in [6.07, 6.45) is 0.414. The number of anilines is 6. The Labute approximate surface area is 327 Å². The van der Waals surface area contributed by atoms with Gasteiger partial charge in [0.15, 0.2) is 0 Å². The molecule has 2 N–H and O–H groups in total. The van der Waals surface area contributed by atoms with E-state index in [1.165, 1.54) is 28.2 Å². The van der Waals surface area contributed by atoms with E-state index in [9.17, 15) is 4.79 Å². The number of para-hydroxylation sites is 2. The van der Waals surface area contributed by atoms with Gasteiger partial charge in [-0.1, -0.05) is 50.2 Å². The summed E-state index contributed by atoms with van der Waals surface area (Å²) in [5.74, 6) is 0.620. The van der Waals surface area contributed by atoms with Crippen LogP contribution < -0.4 is 30.2 Å². The molecule has 8 rings (SSSR count). The van der Waals surface area contributed by atoms with E-state index in [-0.39, 0.29) is 48.0 Å². The number of amides is 1. The number of hydrogen-bond donors (Lipinski definition) is 2. The molecule has 0 aliphatic carbocycles. The summed E-state index contributed by atoms with van der Waals surface area (Å²) in [5.41, 5.74) is 9.31. The van der Waals surface area contributed by atoms with E-state index in [2.05, 4.69) is 162 Å². The van der Waals surface area contributed by atoms with Crippen LogP contribution in [-0.4, -0.2) is 76.6 Å². The van der Waals surface area contributed by atoms with Gasteiger partial charge in [0, 0.05) is 108 Å². The number of benzene rings is 4. The summed E-state index contributed by atoms with van der Waals surface area (Å²) < 4.78 is 11.4. The van der Waals surface area contributed by atoms with Gasteiger partial charge in [-0.25, -0.2) is 0 Å². The van der Waals surface area contributed by atoms with Crippen LogP contribution in [0.15, 0.2) is 97.1 Å². The lowest BCUT2D eigenvalue weighted by molar-refractivity contribution is -0.119. The van der Waals surface area contributed by atoms with Gasteiger partial charge in [0.05, 0.1) is 38.5 Å². The van der Waals surface area contributed by atoms with Crippen LogP contribution in [0.1, 0.15) is 64.3 Å². The second kappa shape index (κ2) is 16.2. The Morgan fingerprint density at radius 1 is 0.636 bits per heavy atom. The second-order valence-electron chi connectivity index (χ2n) is 16.1. The first-order valence-corrected chi connectivity index (χ1v) is 20.5. The smallest absolute Gasteiger partial charge is 0.229 e. The number of fused-ring (bicyclic) bond motifs is 2. The first kappa shape index (κ1) is 37.2. The van der Waals surface area contributed by atoms with E-state index in [4.69, 9.17) is 9.47 Å². The molecule has 7 atom stereocenters. The van der Waals surface area contributed by atoms with Crippen molar-refractivity contribution in [1.82, 2.24) is 0 Å². The lowest BCUT2D eigenvalue weighted by Crippen LogP contribution is -2.54. The molecular weight excluding hydrogens is 685 g/mol. The van der Waals surface area contributed by atoms with Gasteiger partial charge in [0.25, 0.3) is 0 Å². The Hall–Kier alpha value is -4.73. The van der Waals surface area contributed by atoms with Crippen LogP contribution in [0.3, 0.4) is 0 Å². The van der Waals surface area contributed by atoms with E-state index < -0.39 is 0 Å². The number of hydrogen-bond acceptors (Lipinski definition) is 8. The van der Waals surface area contributed by atoms with Gasteiger partial charge in [-0.3, -0.25) is 4.79 Å². The maximum atomic E-state index is 14.9. The van der Waals surface area contributed by atoms with Crippen LogP contribution in [0.25, 0.3) is 0 Å². The molecule has 2 saturated heterocycles. The van der Waals surface area contributed by atoms with E-state index in [0.717, 1.165) is 69.7 Å². The van der Waals surface area contributed by atoms with Crippen molar-refractivity contribution in [1.29, 1.82) is 0 Å². The fourth-order valence-electron chi connectivity index (χ4n) is 9.42. The monoisotopic (exact) mass is 742 g/mol. The topological polar surface area (TPSA) is 72.6 Å². The number of carbonyl (C=O) groups is 1. The molecule has 9 nitrogen and oxygen atoms in total. The summed E-state index contributed by atoms with van der Waals surface area (Å²) in [5, 5.41) is 7.77. The van der Waals surface area contributed by atoms with Crippen molar-refractivity contribution in [2.24, 2.45) is 11.8 Å². The molecule has 1 amide bonds. The van der Waals surface area contributed by atoms with Crippen molar-refractivity contribution < 1.29 is 14.3 Å². The number of ether oxygens (including phenoxy) is 2. The number of morpholine rings is 2. The van der Waals surface area contributed by atoms with Crippen molar-refractivity contribution in [3.8, 4) is 0 Å². The highest BCUT2D eigenvalue weighted by atomic mass is 16.5. The predicted molar refractivity (Wildman–Crippen MR) is 226 cm³/mol. The van der Waals surface area contributed by atoms with Gasteiger partial charge in [0.2, 0.25) is 5.91 Å². The summed E-state index contributed by atoms with van der Waals surface area (Å²) >= 11 is 0. The van der Waals surface area contributed by atoms with Gasteiger partial charge >= 0.3 is 0 Å². The minimum atomic E-state index is -0.0191. The van der Waals surface area contributed by atoms with E-state index in [0.29, 0.717) is 6.42 Å². The normalized spacial score (nSPS) is 25.8. The number of rotatable bonds is 9. The molecule has 1 unspecified atom stereocenters. The summed E-state index contributed by atoms with van der Waals surface area (Å²) in [7, 11) is 0. The summed E-state index contributed by atoms with van der Waals surface area (Å²) in [4.78, 5) is 24.4. The molecule has 4 aliphatic rings. The molecule has 55 heavy (non-hydrogen) atoms. The molecule has 9 heteroatoms. The number of carbonyl (C=O) groups excluding carboxylic acids is 1. The van der Waals surface area contributed by atoms with Gasteiger partial charge in [-0.15, -0.1) is 0 Å². The second-order valence-corrected chi connectivity index (χ2v) is 16.1. The lowest BCUT2D eigenvalue weighted by atomic mass is 9.81. The third-order valence-corrected chi connectivity index (χ3v) is 12.8. The molecule has 4 aliphatic heterocycles. The van der Waals surface area contributed by atoms with Crippen LogP contribution in [0, 0.1) is 11.8 Å². The minimum absolute atomic E-state index is 0.00294. The Morgan fingerprint density at radius 3 is 1.60 bits per heavy atom. The fraction of sp³-hybridized carbons (Fsp3) is 0.457. The molecule has 0 bridgehead atoms. The predicted octanol–water partition coefficient (Wildman–Crippen LogP) is 8.36. The Morgan fingerprint density at radius 2 is 1.09 bits per heavy atom. The van der Waals surface area contributed by atoms with Crippen molar-refractivity contribution in [2.75, 3.05) is 82.8 Å². The molecule has 4 aromatic rings. The summed E-state index contributed by atoms with van der Waals surface area (Å²) in [6.45, 7) is 17.9. The number of nitrogens with zero attached hydrogens (tertiary/aromatic N) is 4. The van der Waals surface area contributed by atoms with Gasteiger partial charge in [0.1, 0.15) is 0 Å². The molecule has 2 fully saturated rings. The van der Waals surface area contributed by atoms with Crippen molar-refractivity contribution >= 4 is 40.0 Å². The van der Waals surface area contributed by atoms with Crippen LogP contribution in [0.4, 0.5) is 34.1 Å². The van der Waals surface area contributed by atoms with E-state index in [1.54, 1.807) is 0 Å². The maximum Gasteiger partial charge on any atom is 0.229 e. The largest absolute Gasteiger partial charge is 0.378 e. The average Bonchev–Trinajstić information content (AvgIpc) is 3.22. The zero-order chi connectivity index (χ0) is 38.1. The highest BCUT2D eigenvalue weighted by Gasteiger charge is 2.43. The highest BCUT2D eigenvalue weighted by molar-refractivity contribution is 5.96. The molecule has 0 aromatic heterocycles. The molecule has 4 heterocycles. The number of nitrogens with one attached hydrogen (secondary N) is 2. The quantitative estimate of drug-likeness (QED) is 0.177. The zero-order valence-corrected chi connectivity index (χ0v) is 33.2. The summed E-state index contributed by atoms with van der Waals surface area (Å²) in [6, 6.07) is 35.1. The Balaban J connectivity index is 1.11. The molecule has 0 saturated carbocycles. The van der Waals surface area contributed by atoms with E-state index in [1.807, 2.05) is 0 Å². The molecule has 290 valence electrons. The molecule has 0 radical (unpaired) electrons. The van der Waals surface area contributed by atoms with Crippen molar-refractivity contribution in [2.45, 2.75) is 71.2 Å². The Bertz CT molecular complexity index is 1910. The third-order valence-electron chi connectivity index (χ3n) is 12.8. The first-order chi connectivity index (χ1) is 26.8. The van der Waals surface area contributed by atoms with Crippen molar-refractivity contribution in [3.63, 3.8) is 0 Å². The molecular formula is C46H58N6O3. The fourth-order valence-corrected chi connectivity index (χ4v) is 9.42. The van der Waals surface area contributed by atoms with Crippen molar-refractivity contribution in [3.05, 3.63) is 108 Å². The zero-order valence-electron chi connectivity index (χ0n) is 33.2. The van der Waals surface area contributed by atoms with Crippen LogP contribution in [0.2, 0.25) is 0 Å². The van der Waals surface area contributed by atoms with E-state index >= 15 is 0 Å². The standard InChI is InChI=1S/C46H58N6O3/c1-31(51-34(4)32(2)45(47-36-12-8-6-9-13-36)40-29-38(16-18-42(40)51)49-20-24-54-25-21-49)28-44(53)52-35(5)33(3)46(48-37-14-10-7-11-15-37)41-30-39(17-19-43(41)52)50-22-26-55-27-23-50/h6-19,29-35,45-48H,20-28H2,1-5H3/t31?,32-,33+,34-,35+,45+,46-/m0/s1. The van der Waals surface area contributed by atoms with Gasteiger partial charge < -0.3 is 39.7 Å². The third kappa shape index (κ3) is 7.49. The maximum absolute atomic E-state index is 14.9. The molecule has 0 spiro atoms. The van der Waals surface area contributed by atoms with Crippen LogP contribution >= 0.6 is 0 Å². The highest BCUT2D eigenvalue weighted by Crippen LogP contribution is 2.47. The van der Waals surface area contributed by atoms with Crippen LogP contribution in [0.5, 0.6) is 0 Å². The SMILES string of the molecule is CC(CC(=O)N1c2ccc(N3CCOCC3)cc2[C@@H](Nc2ccccc2)[C@H](C)[C@H]1C)N1c2ccc(N3CCOCC3)cc2[C@H](Nc2ccccc2)[C@@H](C)[C@@H]1C. The van der Waals surface area contributed by atoms with Gasteiger partial charge in [-0.2, -0.15) is 0 Å². The first-order valence-electron chi connectivity index (χ1n) is 20.5. The minimum Gasteiger partial charge on any atom is -0.378 e. The molecule has 4 aromatic carbocycles. The lowest BCUT2D eigenvalue weighted by Gasteiger charge is -2.49.